The molecule has 1 aromatic rings. The monoisotopic (exact) mass is 305 g/mol. The third kappa shape index (κ3) is 4.69. The molecule has 120 valence electrons. The van der Waals surface area contributed by atoms with E-state index >= 15 is 0 Å². The number of anilines is 1. The van der Waals surface area contributed by atoms with Crippen LogP contribution in [0.4, 0.5) is 5.69 Å². The van der Waals surface area contributed by atoms with Crippen LogP contribution in [0, 0.1) is 5.92 Å². The molecular formula is C17H23NO4. The third-order valence-corrected chi connectivity index (χ3v) is 3.71. The molecule has 0 radical (unpaired) electrons. The lowest BCUT2D eigenvalue weighted by molar-refractivity contribution is -0.136. The van der Waals surface area contributed by atoms with E-state index in [4.69, 9.17) is 5.11 Å². The van der Waals surface area contributed by atoms with Gasteiger partial charge in [0, 0.05) is 23.7 Å². The molecule has 0 heterocycles. The molecule has 0 bridgehead atoms. The molecule has 0 fully saturated rings. The van der Waals surface area contributed by atoms with Gasteiger partial charge in [0.15, 0.2) is 5.78 Å². The predicted octanol–water partition coefficient (Wildman–Crippen LogP) is 3.13. The van der Waals surface area contributed by atoms with Gasteiger partial charge in [0.2, 0.25) is 5.91 Å². The standard InChI is InChI=1S/C17H23NO4/c1-4-13(5-2)17(22)18(10-9-16(20)21)15-8-6-7-14(11-15)12(3)19/h6-8,11,13H,4-5,9-10H2,1-3H3,(H,20,21). The van der Waals surface area contributed by atoms with Crippen molar-refractivity contribution in [1.29, 1.82) is 0 Å². The van der Waals surface area contributed by atoms with Crippen molar-refractivity contribution in [1.82, 2.24) is 0 Å². The van der Waals surface area contributed by atoms with Crippen molar-refractivity contribution >= 4 is 23.3 Å². The lowest BCUT2D eigenvalue weighted by Crippen LogP contribution is -2.37. The number of hydrogen-bond donors (Lipinski definition) is 1. The maximum atomic E-state index is 12.6. The Kier molecular flexibility index (Phi) is 6.76. The summed E-state index contributed by atoms with van der Waals surface area (Å²) in [4.78, 5) is 36.5. The Morgan fingerprint density at radius 3 is 2.32 bits per heavy atom. The molecule has 1 N–H and O–H groups in total. The zero-order valence-electron chi connectivity index (χ0n) is 13.3. The second-order valence-corrected chi connectivity index (χ2v) is 5.25. The number of nitrogens with zero attached hydrogens (tertiary/aromatic N) is 1. The number of amides is 1. The summed E-state index contributed by atoms with van der Waals surface area (Å²) in [6.45, 7) is 5.44. The summed E-state index contributed by atoms with van der Waals surface area (Å²) in [5.74, 6) is -1.28. The van der Waals surface area contributed by atoms with E-state index < -0.39 is 5.97 Å². The van der Waals surface area contributed by atoms with Crippen molar-refractivity contribution in [3.05, 3.63) is 29.8 Å². The molecule has 0 unspecified atom stereocenters. The number of carbonyl (C=O) groups is 3. The summed E-state index contributed by atoms with van der Waals surface area (Å²) in [7, 11) is 0. The molecule has 0 aliphatic carbocycles. The van der Waals surface area contributed by atoms with Gasteiger partial charge in [-0.1, -0.05) is 26.0 Å². The van der Waals surface area contributed by atoms with Crippen LogP contribution in [0.3, 0.4) is 0 Å². The van der Waals surface area contributed by atoms with Gasteiger partial charge in [0.05, 0.1) is 6.42 Å². The second kappa shape index (κ2) is 8.32. The Hall–Kier alpha value is -2.17. The van der Waals surface area contributed by atoms with E-state index in [-0.39, 0.29) is 30.6 Å². The summed E-state index contributed by atoms with van der Waals surface area (Å²) in [5, 5.41) is 8.89. The van der Waals surface area contributed by atoms with Gasteiger partial charge in [-0.15, -0.1) is 0 Å². The largest absolute Gasteiger partial charge is 0.481 e. The van der Waals surface area contributed by atoms with E-state index in [9.17, 15) is 14.4 Å². The highest BCUT2D eigenvalue weighted by molar-refractivity contribution is 5.99. The fourth-order valence-corrected chi connectivity index (χ4v) is 2.33. The zero-order valence-corrected chi connectivity index (χ0v) is 13.3. The Labute approximate surface area is 130 Å². The van der Waals surface area contributed by atoms with E-state index in [1.807, 2.05) is 13.8 Å². The minimum atomic E-state index is -0.954. The molecular weight excluding hydrogens is 282 g/mol. The highest BCUT2D eigenvalue weighted by Crippen LogP contribution is 2.22. The molecule has 5 nitrogen and oxygen atoms in total. The van der Waals surface area contributed by atoms with Gasteiger partial charge >= 0.3 is 5.97 Å². The first-order valence-corrected chi connectivity index (χ1v) is 7.54. The van der Waals surface area contributed by atoms with Crippen LogP contribution < -0.4 is 4.90 Å². The first kappa shape index (κ1) is 17.9. The normalized spacial score (nSPS) is 10.5. The number of rotatable bonds is 8. The number of benzene rings is 1. The summed E-state index contributed by atoms with van der Waals surface area (Å²) < 4.78 is 0. The van der Waals surface area contributed by atoms with Crippen LogP contribution in [0.15, 0.2) is 24.3 Å². The average molecular weight is 305 g/mol. The molecule has 1 rings (SSSR count). The first-order chi connectivity index (χ1) is 10.4. The molecule has 1 aromatic carbocycles. The number of hydrogen-bond acceptors (Lipinski definition) is 3. The first-order valence-electron chi connectivity index (χ1n) is 7.54. The summed E-state index contributed by atoms with van der Waals surface area (Å²) in [5.41, 5.74) is 1.08. The van der Waals surface area contributed by atoms with Gasteiger partial charge in [-0.3, -0.25) is 14.4 Å². The molecule has 0 aromatic heterocycles. The second-order valence-electron chi connectivity index (χ2n) is 5.25. The maximum absolute atomic E-state index is 12.6. The van der Waals surface area contributed by atoms with Crippen LogP contribution in [0.5, 0.6) is 0 Å². The van der Waals surface area contributed by atoms with Crippen LogP contribution in [0.2, 0.25) is 0 Å². The summed E-state index contributed by atoms with van der Waals surface area (Å²) >= 11 is 0. The predicted molar refractivity (Wildman–Crippen MR) is 85.1 cm³/mol. The van der Waals surface area contributed by atoms with Crippen LogP contribution in [0.25, 0.3) is 0 Å². The number of carbonyl (C=O) groups excluding carboxylic acids is 2. The maximum Gasteiger partial charge on any atom is 0.305 e. The Morgan fingerprint density at radius 1 is 1.18 bits per heavy atom. The molecule has 1 amide bonds. The van der Waals surface area contributed by atoms with Gasteiger partial charge in [0.25, 0.3) is 0 Å². The van der Waals surface area contributed by atoms with Crippen LogP contribution >= 0.6 is 0 Å². The van der Waals surface area contributed by atoms with Crippen molar-refractivity contribution in [2.75, 3.05) is 11.4 Å². The third-order valence-electron chi connectivity index (χ3n) is 3.71. The quantitative estimate of drug-likeness (QED) is 0.749. The Balaban J connectivity index is 3.13. The Morgan fingerprint density at radius 2 is 1.82 bits per heavy atom. The van der Waals surface area contributed by atoms with Gasteiger partial charge in [-0.25, -0.2) is 0 Å². The number of carboxylic acid groups (broad SMARTS) is 1. The van der Waals surface area contributed by atoms with Gasteiger partial charge in [-0.05, 0) is 31.9 Å². The number of carboxylic acids is 1. The SMILES string of the molecule is CCC(CC)C(=O)N(CCC(=O)O)c1cccc(C(C)=O)c1. The molecule has 0 aliphatic heterocycles. The molecule has 0 spiro atoms. The molecule has 0 aliphatic rings. The molecule has 0 saturated heterocycles. The van der Waals surface area contributed by atoms with Crippen molar-refractivity contribution in [2.24, 2.45) is 5.92 Å². The zero-order chi connectivity index (χ0) is 16.7. The highest BCUT2D eigenvalue weighted by Gasteiger charge is 2.23. The van der Waals surface area contributed by atoms with Crippen molar-refractivity contribution < 1.29 is 19.5 Å². The number of Topliss-reactive ketones (excluding diaryl/α,β-unsaturated/α-hetero) is 1. The van der Waals surface area contributed by atoms with Crippen molar-refractivity contribution in [3.63, 3.8) is 0 Å². The highest BCUT2D eigenvalue weighted by atomic mass is 16.4. The summed E-state index contributed by atoms with van der Waals surface area (Å²) in [6.07, 6.45) is 1.27. The van der Waals surface area contributed by atoms with Crippen LogP contribution in [0.1, 0.15) is 50.4 Å². The van der Waals surface area contributed by atoms with Gasteiger partial charge in [0.1, 0.15) is 0 Å². The van der Waals surface area contributed by atoms with E-state index in [0.717, 1.165) is 0 Å². The van der Waals surface area contributed by atoms with Gasteiger partial charge in [-0.2, -0.15) is 0 Å². The van der Waals surface area contributed by atoms with Crippen molar-refractivity contribution in [2.45, 2.75) is 40.0 Å². The van der Waals surface area contributed by atoms with E-state index in [0.29, 0.717) is 24.1 Å². The molecule has 0 atom stereocenters. The summed E-state index contributed by atoms with van der Waals surface area (Å²) in [6, 6.07) is 6.77. The van der Waals surface area contributed by atoms with E-state index in [1.54, 1.807) is 24.3 Å². The molecule has 0 saturated carbocycles. The topological polar surface area (TPSA) is 74.7 Å². The minimum Gasteiger partial charge on any atom is -0.481 e. The lowest BCUT2D eigenvalue weighted by Gasteiger charge is -2.26. The smallest absolute Gasteiger partial charge is 0.305 e. The van der Waals surface area contributed by atoms with Crippen LogP contribution in [-0.2, 0) is 9.59 Å². The fraction of sp³-hybridized carbons (Fsp3) is 0.471. The Bertz CT molecular complexity index is 549. The number of ketones is 1. The molecule has 5 heteroatoms. The van der Waals surface area contributed by atoms with Crippen molar-refractivity contribution in [3.8, 4) is 0 Å². The van der Waals surface area contributed by atoms with Crippen LogP contribution in [-0.4, -0.2) is 29.3 Å². The van der Waals surface area contributed by atoms with Gasteiger partial charge < -0.3 is 10.0 Å². The van der Waals surface area contributed by atoms with E-state index in [1.165, 1.54) is 11.8 Å². The number of aliphatic carboxylic acids is 1. The lowest BCUT2D eigenvalue weighted by atomic mass is 10.0. The minimum absolute atomic E-state index is 0.0879. The molecule has 22 heavy (non-hydrogen) atoms. The average Bonchev–Trinajstić information content (AvgIpc) is 2.48. The fourth-order valence-electron chi connectivity index (χ4n) is 2.33. The van der Waals surface area contributed by atoms with E-state index in [2.05, 4.69) is 0 Å².